The fraction of sp³-hybridized carbons (Fsp3) is 0. The molecule has 0 aliphatic heterocycles. The van der Waals surface area contributed by atoms with E-state index >= 15 is 0 Å². The molecule has 0 bridgehead atoms. The molecule has 2 aromatic rings. The van der Waals surface area contributed by atoms with Crippen molar-refractivity contribution in [3.63, 3.8) is 0 Å². The molecule has 1 amide bonds. The van der Waals surface area contributed by atoms with E-state index in [4.69, 9.17) is 28.9 Å². The Bertz CT molecular complexity index is 566. The van der Waals surface area contributed by atoms with Crippen molar-refractivity contribution in [3.05, 3.63) is 46.2 Å². The van der Waals surface area contributed by atoms with Crippen LogP contribution >= 0.6 is 23.2 Å². The predicted molar refractivity (Wildman–Crippen MR) is 69.6 cm³/mol. The zero-order valence-electron chi connectivity index (χ0n) is 8.63. The van der Waals surface area contributed by atoms with E-state index in [-0.39, 0.29) is 5.91 Å². The first-order valence-electron chi connectivity index (χ1n) is 4.76. The number of anilines is 2. The highest BCUT2D eigenvalue weighted by atomic mass is 35.5. The minimum Gasteiger partial charge on any atom is -0.397 e. The predicted octanol–water partition coefficient (Wildman–Crippen LogP) is 3.16. The van der Waals surface area contributed by atoms with Crippen LogP contribution in [0.25, 0.3) is 0 Å². The number of aromatic amines is 1. The molecule has 0 atom stereocenters. The lowest BCUT2D eigenvalue weighted by Gasteiger charge is -2.06. The Balaban J connectivity index is 2.21. The van der Waals surface area contributed by atoms with Gasteiger partial charge in [-0.15, -0.1) is 0 Å². The van der Waals surface area contributed by atoms with Gasteiger partial charge in [0.1, 0.15) is 5.69 Å². The maximum atomic E-state index is 11.8. The van der Waals surface area contributed by atoms with E-state index in [1.807, 2.05) is 0 Å². The van der Waals surface area contributed by atoms with Crippen molar-refractivity contribution in [2.75, 3.05) is 11.1 Å². The van der Waals surface area contributed by atoms with Crippen LogP contribution in [0.15, 0.2) is 30.5 Å². The zero-order chi connectivity index (χ0) is 12.4. The summed E-state index contributed by atoms with van der Waals surface area (Å²) in [5.41, 5.74) is 6.81. The second-order valence-electron chi connectivity index (χ2n) is 3.42. The number of nitrogens with two attached hydrogens (primary N) is 1. The Labute approximate surface area is 108 Å². The smallest absolute Gasteiger partial charge is 0.272 e. The quantitative estimate of drug-likeness (QED) is 0.784. The third kappa shape index (κ3) is 2.72. The lowest BCUT2D eigenvalue weighted by Crippen LogP contribution is -2.12. The molecule has 1 heterocycles. The Kier molecular flexibility index (Phi) is 3.26. The molecule has 0 radical (unpaired) electrons. The molecule has 4 nitrogen and oxygen atoms in total. The molecule has 0 saturated carbocycles. The average Bonchev–Trinajstić information content (AvgIpc) is 2.70. The van der Waals surface area contributed by atoms with E-state index in [1.165, 1.54) is 12.3 Å². The molecule has 0 saturated heterocycles. The van der Waals surface area contributed by atoms with E-state index in [2.05, 4.69) is 10.3 Å². The Morgan fingerprint density at radius 3 is 2.71 bits per heavy atom. The van der Waals surface area contributed by atoms with E-state index in [0.717, 1.165) is 0 Å². The number of H-pyrrole nitrogens is 1. The number of nitrogens with one attached hydrogen (secondary N) is 2. The molecule has 88 valence electrons. The number of carbonyl (C=O) groups is 1. The van der Waals surface area contributed by atoms with Gasteiger partial charge in [0.05, 0.1) is 10.7 Å². The minimum atomic E-state index is -0.328. The maximum Gasteiger partial charge on any atom is 0.272 e. The number of rotatable bonds is 2. The van der Waals surface area contributed by atoms with E-state index in [9.17, 15) is 4.79 Å². The van der Waals surface area contributed by atoms with Crippen LogP contribution in [0, 0.1) is 0 Å². The number of hydrogen-bond donors (Lipinski definition) is 3. The normalized spacial score (nSPS) is 10.2. The van der Waals surface area contributed by atoms with Gasteiger partial charge in [-0.2, -0.15) is 0 Å². The van der Waals surface area contributed by atoms with Gasteiger partial charge in [-0.25, -0.2) is 0 Å². The number of hydrogen-bond acceptors (Lipinski definition) is 2. The van der Waals surface area contributed by atoms with Crippen molar-refractivity contribution in [1.29, 1.82) is 0 Å². The third-order valence-electron chi connectivity index (χ3n) is 2.13. The molecular weight excluding hydrogens is 261 g/mol. The summed E-state index contributed by atoms with van der Waals surface area (Å²) in [4.78, 5) is 14.5. The average molecular weight is 270 g/mol. The highest BCUT2D eigenvalue weighted by Gasteiger charge is 2.10. The Hall–Kier alpha value is -1.65. The van der Waals surface area contributed by atoms with Crippen LogP contribution in [0.4, 0.5) is 11.4 Å². The SMILES string of the molecule is Nc1c[nH]c(C(=O)Nc2cc(Cl)ccc2Cl)c1. The minimum absolute atomic E-state index is 0.328. The van der Waals surface area contributed by atoms with Crippen molar-refractivity contribution in [1.82, 2.24) is 4.98 Å². The number of amides is 1. The van der Waals surface area contributed by atoms with Crippen LogP contribution in [0.5, 0.6) is 0 Å². The Morgan fingerprint density at radius 2 is 2.06 bits per heavy atom. The molecule has 1 aromatic heterocycles. The summed E-state index contributed by atoms with van der Waals surface area (Å²) in [5.74, 6) is -0.328. The van der Waals surface area contributed by atoms with Gasteiger partial charge < -0.3 is 16.0 Å². The number of halogens is 2. The molecule has 2 rings (SSSR count). The standard InChI is InChI=1S/C11H9Cl2N3O/c12-6-1-2-8(13)9(3-6)16-11(17)10-4-7(14)5-15-10/h1-5,15H,14H2,(H,16,17). The van der Waals surface area contributed by atoms with Gasteiger partial charge in [0.15, 0.2) is 0 Å². The van der Waals surface area contributed by atoms with E-state index in [0.29, 0.717) is 27.1 Å². The van der Waals surface area contributed by atoms with Crippen LogP contribution in [0.1, 0.15) is 10.5 Å². The summed E-state index contributed by atoms with van der Waals surface area (Å²) in [6, 6.07) is 6.37. The Morgan fingerprint density at radius 1 is 1.29 bits per heavy atom. The monoisotopic (exact) mass is 269 g/mol. The molecule has 6 heteroatoms. The highest BCUT2D eigenvalue weighted by Crippen LogP contribution is 2.25. The van der Waals surface area contributed by atoms with Crippen molar-refractivity contribution in [2.45, 2.75) is 0 Å². The number of aromatic nitrogens is 1. The van der Waals surface area contributed by atoms with Crippen molar-refractivity contribution in [3.8, 4) is 0 Å². The van der Waals surface area contributed by atoms with Gasteiger partial charge in [-0.1, -0.05) is 23.2 Å². The molecule has 0 fully saturated rings. The van der Waals surface area contributed by atoms with Gasteiger partial charge in [-0.3, -0.25) is 4.79 Å². The molecule has 17 heavy (non-hydrogen) atoms. The summed E-state index contributed by atoms with van der Waals surface area (Å²) >= 11 is 11.7. The molecule has 0 aliphatic rings. The summed E-state index contributed by atoms with van der Waals surface area (Å²) in [6.07, 6.45) is 1.54. The fourth-order valence-corrected chi connectivity index (χ4v) is 1.66. The molecular formula is C11H9Cl2N3O. The maximum absolute atomic E-state index is 11.8. The first-order chi connectivity index (χ1) is 8.06. The highest BCUT2D eigenvalue weighted by molar-refractivity contribution is 6.35. The molecule has 1 aromatic carbocycles. The zero-order valence-corrected chi connectivity index (χ0v) is 10.1. The van der Waals surface area contributed by atoms with Crippen LogP contribution in [0.2, 0.25) is 10.0 Å². The topological polar surface area (TPSA) is 70.9 Å². The second kappa shape index (κ2) is 4.69. The lowest BCUT2D eigenvalue weighted by molar-refractivity contribution is 0.102. The molecule has 0 spiro atoms. The van der Waals surface area contributed by atoms with Gasteiger partial charge in [-0.05, 0) is 24.3 Å². The summed E-state index contributed by atoms with van der Waals surface area (Å²) in [7, 11) is 0. The van der Waals surface area contributed by atoms with Gasteiger partial charge in [0.2, 0.25) is 0 Å². The number of benzene rings is 1. The lowest BCUT2D eigenvalue weighted by atomic mass is 10.3. The van der Waals surface area contributed by atoms with Crippen LogP contribution in [0.3, 0.4) is 0 Å². The van der Waals surface area contributed by atoms with Crippen molar-refractivity contribution < 1.29 is 4.79 Å². The fourth-order valence-electron chi connectivity index (χ4n) is 1.33. The van der Waals surface area contributed by atoms with E-state index in [1.54, 1.807) is 18.2 Å². The molecule has 0 unspecified atom stereocenters. The van der Waals surface area contributed by atoms with Crippen LogP contribution < -0.4 is 11.1 Å². The van der Waals surface area contributed by atoms with Crippen LogP contribution in [-0.2, 0) is 0 Å². The van der Waals surface area contributed by atoms with Gasteiger partial charge in [0.25, 0.3) is 5.91 Å². The summed E-state index contributed by atoms with van der Waals surface area (Å²) in [6.45, 7) is 0. The van der Waals surface area contributed by atoms with Crippen molar-refractivity contribution >= 4 is 40.5 Å². The largest absolute Gasteiger partial charge is 0.397 e. The molecule has 4 N–H and O–H groups in total. The third-order valence-corrected chi connectivity index (χ3v) is 2.69. The van der Waals surface area contributed by atoms with Gasteiger partial charge in [0, 0.05) is 16.9 Å². The summed E-state index contributed by atoms with van der Waals surface area (Å²) < 4.78 is 0. The first kappa shape index (κ1) is 11.8. The molecule has 0 aliphatic carbocycles. The van der Waals surface area contributed by atoms with Crippen molar-refractivity contribution in [2.24, 2.45) is 0 Å². The second-order valence-corrected chi connectivity index (χ2v) is 4.27. The van der Waals surface area contributed by atoms with Crippen LogP contribution in [-0.4, -0.2) is 10.9 Å². The first-order valence-corrected chi connectivity index (χ1v) is 5.52. The van der Waals surface area contributed by atoms with E-state index < -0.39 is 0 Å². The number of nitrogen functional groups attached to an aromatic ring is 1. The van der Waals surface area contributed by atoms with Gasteiger partial charge >= 0.3 is 0 Å². The number of carbonyl (C=O) groups excluding carboxylic acids is 1. The summed E-state index contributed by atoms with van der Waals surface area (Å²) in [5, 5.41) is 3.55.